The molecule has 0 saturated carbocycles. The van der Waals surface area contributed by atoms with Crippen LogP contribution >= 0.6 is 11.6 Å². The summed E-state index contributed by atoms with van der Waals surface area (Å²) in [7, 11) is 4.71. The van der Waals surface area contributed by atoms with Gasteiger partial charge in [0.1, 0.15) is 0 Å². The zero-order valence-corrected chi connectivity index (χ0v) is 19.4. The highest BCUT2D eigenvalue weighted by molar-refractivity contribution is 6.19. The van der Waals surface area contributed by atoms with Gasteiger partial charge in [-0.05, 0) is 29.1 Å². The number of ether oxygens (including phenoxy) is 3. The number of aliphatic hydroxyl groups is 1. The number of hydrogen-bond acceptors (Lipinski definition) is 6. The number of nitrogens with zero attached hydrogens (tertiary/aromatic N) is 1. The molecule has 0 bridgehead atoms. The second kappa shape index (κ2) is 8.24. The third-order valence-electron chi connectivity index (χ3n) is 6.43. The van der Waals surface area contributed by atoms with Gasteiger partial charge >= 0.3 is 0 Å². The summed E-state index contributed by atoms with van der Waals surface area (Å²) in [5.74, 6) is 2.07. The second-order valence-electron chi connectivity index (χ2n) is 8.16. The Morgan fingerprint density at radius 2 is 1.82 bits per heavy atom. The number of benzene rings is 3. The van der Waals surface area contributed by atoms with Crippen LogP contribution in [0.15, 0.2) is 42.5 Å². The van der Waals surface area contributed by atoms with Crippen molar-refractivity contribution in [3.63, 3.8) is 0 Å². The molecule has 7 nitrogen and oxygen atoms in total. The fourth-order valence-electron chi connectivity index (χ4n) is 4.93. The summed E-state index contributed by atoms with van der Waals surface area (Å²) >= 11 is 6.37. The molecule has 8 heteroatoms. The lowest BCUT2D eigenvalue weighted by molar-refractivity contribution is 0.169. The summed E-state index contributed by atoms with van der Waals surface area (Å²) in [4.78, 5) is 5.26. The normalized spacial score (nSPS) is 16.3. The fourth-order valence-corrected chi connectivity index (χ4v) is 5.19. The summed E-state index contributed by atoms with van der Waals surface area (Å²) in [5.41, 5.74) is 10.4. The van der Waals surface area contributed by atoms with E-state index >= 15 is 0 Å². The second-order valence-corrected chi connectivity index (χ2v) is 8.46. The predicted molar refractivity (Wildman–Crippen MR) is 132 cm³/mol. The zero-order valence-electron chi connectivity index (χ0n) is 18.7. The molecule has 1 aromatic heterocycles. The van der Waals surface area contributed by atoms with Gasteiger partial charge in [-0.1, -0.05) is 24.3 Å². The van der Waals surface area contributed by atoms with Crippen molar-refractivity contribution in [2.24, 2.45) is 0 Å². The van der Waals surface area contributed by atoms with Gasteiger partial charge in [0, 0.05) is 40.5 Å². The Morgan fingerprint density at radius 1 is 1.09 bits per heavy atom. The van der Waals surface area contributed by atoms with Crippen LogP contribution in [0.1, 0.15) is 23.4 Å². The topological polar surface area (TPSA) is 93.0 Å². The van der Waals surface area contributed by atoms with Crippen LogP contribution in [0, 0.1) is 0 Å². The van der Waals surface area contributed by atoms with Crippen LogP contribution in [-0.4, -0.2) is 43.8 Å². The molecule has 0 radical (unpaired) electrons. The van der Waals surface area contributed by atoms with Gasteiger partial charge in [-0.15, -0.1) is 11.6 Å². The number of fused-ring (bicyclic) bond motifs is 4. The van der Waals surface area contributed by atoms with E-state index in [1.807, 2.05) is 41.3 Å². The number of anilines is 2. The summed E-state index contributed by atoms with van der Waals surface area (Å²) < 4.78 is 16.6. The first-order valence-electron chi connectivity index (χ1n) is 10.7. The highest BCUT2D eigenvalue weighted by atomic mass is 35.5. The first kappa shape index (κ1) is 21.6. The summed E-state index contributed by atoms with van der Waals surface area (Å²) in [6.45, 7) is 0.576. The van der Waals surface area contributed by atoms with E-state index in [2.05, 4.69) is 11.1 Å². The Morgan fingerprint density at radius 3 is 2.48 bits per heavy atom. The van der Waals surface area contributed by atoms with Gasteiger partial charge in [-0.2, -0.15) is 0 Å². The highest BCUT2D eigenvalue weighted by Gasteiger charge is 2.35. The van der Waals surface area contributed by atoms with E-state index in [0.717, 1.165) is 32.9 Å². The molecule has 172 valence electrons. The molecule has 0 fully saturated rings. The minimum Gasteiger partial charge on any atom is -0.493 e. The van der Waals surface area contributed by atoms with Gasteiger partial charge in [0.15, 0.2) is 17.7 Å². The van der Waals surface area contributed by atoms with Gasteiger partial charge in [0.05, 0.1) is 32.5 Å². The Hall–Kier alpha value is -3.29. The van der Waals surface area contributed by atoms with Gasteiger partial charge < -0.3 is 34.9 Å². The standard InChI is InChI=1S/C25H26ClN3O4/c1-31-20-9-13-8-18(28-22(13)24(33-3)23(20)32-2)25(30)29-12-14(11-26)21-16-7-5-4-6-15(16)17(27)10-19(21)29/h4-10,14,25,28,30H,11-12,27H2,1-3H3. The number of nitrogens with one attached hydrogen (secondary N) is 1. The Kier molecular flexibility index (Phi) is 5.38. The molecule has 2 heterocycles. The van der Waals surface area contributed by atoms with Crippen LogP contribution < -0.4 is 24.8 Å². The molecule has 2 unspecified atom stereocenters. The average molecular weight is 468 g/mol. The molecule has 2 atom stereocenters. The minimum atomic E-state index is -0.938. The molecule has 33 heavy (non-hydrogen) atoms. The number of methoxy groups -OCH3 is 3. The van der Waals surface area contributed by atoms with E-state index in [1.54, 1.807) is 21.3 Å². The number of halogens is 1. The molecule has 4 aromatic rings. The lowest BCUT2D eigenvalue weighted by atomic mass is 9.95. The third kappa shape index (κ3) is 3.22. The number of aromatic amines is 1. The molecule has 0 spiro atoms. The largest absolute Gasteiger partial charge is 0.493 e. The highest BCUT2D eigenvalue weighted by Crippen LogP contribution is 2.48. The van der Waals surface area contributed by atoms with Gasteiger partial charge in [0.2, 0.25) is 5.75 Å². The molecular formula is C25H26ClN3O4. The van der Waals surface area contributed by atoms with Gasteiger partial charge in [-0.25, -0.2) is 0 Å². The summed E-state index contributed by atoms with van der Waals surface area (Å²) in [6, 6.07) is 13.7. The van der Waals surface area contributed by atoms with E-state index < -0.39 is 6.23 Å². The first-order valence-corrected chi connectivity index (χ1v) is 11.2. The number of nitrogen functional groups attached to an aromatic ring is 1. The number of hydrogen-bond donors (Lipinski definition) is 3. The third-order valence-corrected chi connectivity index (χ3v) is 6.80. The zero-order chi connectivity index (χ0) is 23.3. The van der Waals surface area contributed by atoms with Crippen molar-refractivity contribution in [1.29, 1.82) is 0 Å². The number of nitrogens with two attached hydrogens (primary N) is 1. The van der Waals surface area contributed by atoms with Crippen molar-refractivity contribution in [1.82, 2.24) is 4.98 Å². The maximum absolute atomic E-state index is 11.5. The molecule has 1 aliphatic rings. The Balaban J connectivity index is 1.63. The smallest absolute Gasteiger partial charge is 0.205 e. The van der Waals surface area contributed by atoms with Crippen molar-refractivity contribution in [3.05, 3.63) is 53.7 Å². The summed E-state index contributed by atoms with van der Waals surface area (Å²) in [5, 5.41) is 14.4. The van der Waals surface area contributed by atoms with E-state index in [1.165, 1.54) is 0 Å². The Bertz CT molecular complexity index is 1350. The lowest BCUT2D eigenvalue weighted by Gasteiger charge is -2.26. The van der Waals surface area contributed by atoms with Crippen LogP contribution in [0.2, 0.25) is 0 Å². The number of alkyl halides is 1. The lowest BCUT2D eigenvalue weighted by Crippen LogP contribution is -2.28. The average Bonchev–Trinajstić information content (AvgIpc) is 3.43. The van der Waals surface area contributed by atoms with Gasteiger partial charge in [0.25, 0.3) is 0 Å². The van der Waals surface area contributed by atoms with E-state index in [-0.39, 0.29) is 5.92 Å². The number of rotatable bonds is 6. The minimum absolute atomic E-state index is 0.0703. The molecule has 1 aliphatic heterocycles. The van der Waals surface area contributed by atoms with E-state index in [4.69, 9.17) is 31.5 Å². The van der Waals surface area contributed by atoms with Crippen LogP contribution in [0.5, 0.6) is 17.2 Å². The fraction of sp³-hybridized carbons (Fsp3) is 0.280. The monoisotopic (exact) mass is 467 g/mol. The number of H-pyrrole nitrogens is 1. The Labute approximate surface area is 196 Å². The van der Waals surface area contributed by atoms with Crippen LogP contribution in [0.3, 0.4) is 0 Å². The quantitative estimate of drug-likeness (QED) is 0.279. The molecule has 0 amide bonds. The molecule has 5 rings (SSSR count). The van der Waals surface area contributed by atoms with Crippen LogP contribution in [0.25, 0.3) is 21.7 Å². The van der Waals surface area contributed by atoms with Gasteiger partial charge in [-0.3, -0.25) is 0 Å². The van der Waals surface area contributed by atoms with Crippen LogP contribution in [0.4, 0.5) is 11.4 Å². The van der Waals surface area contributed by atoms with Crippen molar-refractivity contribution >= 4 is 44.7 Å². The van der Waals surface area contributed by atoms with Crippen molar-refractivity contribution in [2.45, 2.75) is 12.1 Å². The maximum atomic E-state index is 11.5. The van der Waals surface area contributed by atoms with Crippen molar-refractivity contribution in [2.75, 3.05) is 44.4 Å². The molecule has 0 saturated heterocycles. The van der Waals surface area contributed by atoms with Crippen molar-refractivity contribution < 1.29 is 19.3 Å². The molecule has 3 aromatic carbocycles. The van der Waals surface area contributed by atoms with Crippen molar-refractivity contribution in [3.8, 4) is 17.2 Å². The maximum Gasteiger partial charge on any atom is 0.205 e. The van der Waals surface area contributed by atoms with E-state index in [9.17, 15) is 5.11 Å². The summed E-state index contributed by atoms with van der Waals surface area (Å²) in [6.07, 6.45) is -0.938. The molecule has 0 aliphatic carbocycles. The number of aromatic nitrogens is 1. The number of aliphatic hydroxyl groups excluding tert-OH is 1. The van der Waals surface area contributed by atoms with Crippen LogP contribution in [-0.2, 0) is 0 Å². The predicted octanol–water partition coefficient (Wildman–Crippen LogP) is 4.76. The molecule has 4 N–H and O–H groups in total. The SMILES string of the molecule is COc1cc2cc(C(O)N3CC(CCl)c4c3cc(N)c3ccccc43)[nH]c2c(OC)c1OC. The molecular weight excluding hydrogens is 442 g/mol. The first-order chi connectivity index (χ1) is 16.0. The van der Waals surface area contributed by atoms with E-state index in [0.29, 0.717) is 41.1 Å².